The first-order chi connectivity index (χ1) is 8.97. The monoisotopic (exact) mass is 272 g/mol. The number of oxime groups is 1. The number of carbonyl (C=O) groups is 1. The molecule has 1 aromatic rings. The smallest absolute Gasteiger partial charge is 0.217 e. The zero-order valence-electron chi connectivity index (χ0n) is 10.0. The van der Waals surface area contributed by atoms with Crippen molar-refractivity contribution in [2.45, 2.75) is 19.4 Å². The van der Waals surface area contributed by atoms with Crippen molar-refractivity contribution in [2.75, 3.05) is 6.54 Å². The summed E-state index contributed by atoms with van der Waals surface area (Å²) in [6, 6.07) is 1.72. The van der Waals surface area contributed by atoms with Gasteiger partial charge in [-0.1, -0.05) is 5.16 Å². The van der Waals surface area contributed by atoms with E-state index in [1.54, 1.807) is 0 Å². The first-order valence-corrected chi connectivity index (χ1v) is 5.59. The van der Waals surface area contributed by atoms with Crippen molar-refractivity contribution in [1.29, 1.82) is 0 Å². The molecule has 19 heavy (non-hydrogen) atoms. The van der Waals surface area contributed by atoms with Gasteiger partial charge in [0.15, 0.2) is 17.5 Å². The fourth-order valence-corrected chi connectivity index (χ4v) is 1.69. The van der Waals surface area contributed by atoms with E-state index in [2.05, 4.69) is 10.5 Å². The van der Waals surface area contributed by atoms with Crippen molar-refractivity contribution < 1.29 is 22.8 Å². The van der Waals surface area contributed by atoms with Crippen LogP contribution in [0.1, 0.15) is 18.9 Å². The Morgan fingerprint density at radius 1 is 1.42 bits per heavy atom. The molecule has 2 rings (SSSR count). The molecular formula is C12H11F3N2O2. The third kappa shape index (κ3) is 3.04. The Morgan fingerprint density at radius 3 is 2.63 bits per heavy atom. The predicted octanol–water partition coefficient (Wildman–Crippen LogP) is 1.73. The van der Waals surface area contributed by atoms with Crippen LogP contribution in [0.2, 0.25) is 0 Å². The number of hydrogen-bond donors (Lipinski definition) is 1. The van der Waals surface area contributed by atoms with E-state index >= 15 is 0 Å². The summed E-state index contributed by atoms with van der Waals surface area (Å²) in [4.78, 5) is 15.7. The van der Waals surface area contributed by atoms with Gasteiger partial charge in [0.1, 0.15) is 6.10 Å². The van der Waals surface area contributed by atoms with Crippen LogP contribution >= 0.6 is 0 Å². The van der Waals surface area contributed by atoms with Crippen LogP contribution in [0, 0.1) is 17.5 Å². The Balaban J connectivity index is 2.06. The number of halogens is 3. The Labute approximate surface area is 107 Å². The molecule has 1 amide bonds. The summed E-state index contributed by atoms with van der Waals surface area (Å²) < 4.78 is 39.0. The predicted molar refractivity (Wildman–Crippen MR) is 61.0 cm³/mol. The molecule has 4 nitrogen and oxygen atoms in total. The summed E-state index contributed by atoms with van der Waals surface area (Å²) >= 11 is 0. The van der Waals surface area contributed by atoms with Gasteiger partial charge < -0.3 is 10.2 Å². The van der Waals surface area contributed by atoms with Crippen LogP contribution in [-0.2, 0) is 9.63 Å². The number of nitrogens with zero attached hydrogens (tertiary/aromatic N) is 1. The lowest BCUT2D eigenvalue weighted by atomic mass is 10.0. The maximum Gasteiger partial charge on any atom is 0.217 e. The highest BCUT2D eigenvalue weighted by atomic mass is 19.2. The maximum absolute atomic E-state index is 13.1. The van der Waals surface area contributed by atoms with Gasteiger partial charge in [-0.25, -0.2) is 13.2 Å². The molecule has 0 aromatic heterocycles. The largest absolute Gasteiger partial charge is 0.390 e. The quantitative estimate of drug-likeness (QED) is 0.852. The third-order valence-corrected chi connectivity index (χ3v) is 2.63. The third-order valence-electron chi connectivity index (χ3n) is 2.63. The molecule has 1 heterocycles. The Bertz CT molecular complexity index is 523. The lowest BCUT2D eigenvalue weighted by Crippen LogP contribution is -2.30. The molecule has 7 heteroatoms. The van der Waals surface area contributed by atoms with E-state index in [0.29, 0.717) is 5.71 Å². The Kier molecular flexibility index (Phi) is 3.73. The minimum atomic E-state index is -1.52. The van der Waals surface area contributed by atoms with E-state index in [9.17, 15) is 18.0 Å². The van der Waals surface area contributed by atoms with Crippen LogP contribution in [0.4, 0.5) is 13.2 Å². The van der Waals surface area contributed by atoms with Gasteiger partial charge in [0.05, 0.1) is 12.3 Å². The van der Waals surface area contributed by atoms with Crippen LogP contribution in [0.5, 0.6) is 0 Å². The molecule has 102 valence electrons. The molecule has 0 saturated carbocycles. The van der Waals surface area contributed by atoms with Crippen LogP contribution in [0.3, 0.4) is 0 Å². The van der Waals surface area contributed by atoms with Gasteiger partial charge in [0.25, 0.3) is 0 Å². The highest BCUT2D eigenvalue weighted by Gasteiger charge is 2.24. The van der Waals surface area contributed by atoms with Crippen LogP contribution in [0.15, 0.2) is 17.3 Å². The SMILES string of the molecule is CC(=O)NC[C@@H]1CC(c2cc(F)c(F)c(F)c2)=NO1. The molecule has 0 radical (unpaired) electrons. The van der Waals surface area contributed by atoms with Crippen molar-refractivity contribution in [1.82, 2.24) is 5.32 Å². The number of hydrogen-bond acceptors (Lipinski definition) is 3. The van der Waals surface area contributed by atoms with Crippen molar-refractivity contribution in [3.8, 4) is 0 Å². The van der Waals surface area contributed by atoms with Gasteiger partial charge in [0, 0.05) is 18.9 Å². The molecule has 0 spiro atoms. The molecule has 0 bridgehead atoms. The topological polar surface area (TPSA) is 50.7 Å². The second-order valence-corrected chi connectivity index (χ2v) is 4.16. The van der Waals surface area contributed by atoms with Gasteiger partial charge in [-0.15, -0.1) is 0 Å². The van der Waals surface area contributed by atoms with Crippen molar-refractivity contribution >= 4 is 11.6 Å². The fourth-order valence-electron chi connectivity index (χ4n) is 1.69. The second kappa shape index (κ2) is 5.29. The summed E-state index contributed by atoms with van der Waals surface area (Å²) in [7, 11) is 0. The van der Waals surface area contributed by atoms with E-state index in [4.69, 9.17) is 4.84 Å². The number of rotatable bonds is 3. The molecule has 0 saturated heterocycles. The first-order valence-electron chi connectivity index (χ1n) is 5.59. The summed E-state index contributed by atoms with van der Waals surface area (Å²) in [5, 5.41) is 6.23. The zero-order chi connectivity index (χ0) is 14.0. The van der Waals surface area contributed by atoms with Crippen molar-refractivity contribution in [2.24, 2.45) is 5.16 Å². The van der Waals surface area contributed by atoms with Gasteiger partial charge in [0.2, 0.25) is 5.91 Å². The summed E-state index contributed by atoms with van der Waals surface area (Å²) in [5.74, 6) is -4.28. The second-order valence-electron chi connectivity index (χ2n) is 4.16. The molecule has 1 aromatic carbocycles. The molecule has 1 N–H and O–H groups in total. The van der Waals surface area contributed by atoms with Gasteiger partial charge >= 0.3 is 0 Å². The van der Waals surface area contributed by atoms with Gasteiger partial charge in [-0.2, -0.15) is 0 Å². The molecule has 0 fully saturated rings. The standard InChI is InChI=1S/C12H11F3N2O2/c1-6(18)16-5-8-4-11(17-19-8)7-2-9(13)12(15)10(14)3-7/h2-3,8H,4-5H2,1H3,(H,16,18)/t8-/m0/s1. The summed E-state index contributed by atoms with van der Waals surface area (Å²) in [5.41, 5.74) is 0.440. The molecule has 1 aliphatic heterocycles. The van der Waals surface area contributed by atoms with Crippen LogP contribution < -0.4 is 5.32 Å². The zero-order valence-corrected chi connectivity index (χ0v) is 10.0. The number of nitrogens with one attached hydrogen (secondary N) is 1. The maximum atomic E-state index is 13.1. The average molecular weight is 272 g/mol. The molecule has 0 unspecified atom stereocenters. The lowest BCUT2D eigenvalue weighted by Gasteiger charge is -2.07. The van der Waals surface area contributed by atoms with E-state index in [1.165, 1.54) is 6.92 Å². The van der Waals surface area contributed by atoms with Crippen molar-refractivity contribution in [3.05, 3.63) is 35.1 Å². The summed E-state index contributed by atoms with van der Waals surface area (Å²) in [6.45, 7) is 1.61. The summed E-state index contributed by atoms with van der Waals surface area (Å²) in [6.07, 6.45) is -0.111. The van der Waals surface area contributed by atoms with Gasteiger partial charge in [-0.3, -0.25) is 4.79 Å². The minimum absolute atomic E-state index is 0.127. The normalized spacial score (nSPS) is 17.9. The van der Waals surface area contributed by atoms with Crippen molar-refractivity contribution in [3.63, 3.8) is 0 Å². The lowest BCUT2D eigenvalue weighted by molar-refractivity contribution is -0.119. The number of carbonyl (C=O) groups excluding carboxylic acids is 1. The highest BCUT2D eigenvalue weighted by molar-refractivity contribution is 6.01. The van der Waals surface area contributed by atoms with E-state index in [-0.39, 0.29) is 24.4 Å². The average Bonchev–Trinajstić information content (AvgIpc) is 2.81. The molecular weight excluding hydrogens is 261 g/mol. The number of amides is 1. The fraction of sp³-hybridized carbons (Fsp3) is 0.333. The molecule has 0 aliphatic carbocycles. The minimum Gasteiger partial charge on any atom is -0.390 e. The van der Waals surface area contributed by atoms with E-state index in [1.807, 2.05) is 0 Å². The highest BCUT2D eigenvalue weighted by Crippen LogP contribution is 2.20. The van der Waals surface area contributed by atoms with Gasteiger partial charge in [-0.05, 0) is 12.1 Å². The Morgan fingerprint density at radius 2 is 2.05 bits per heavy atom. The first kappa shape index (κ1) is 13.4. The van der Waals surface area contributed by atoms with E-state index in [0.717, 1.165) is 12.1 Å². The molecule has 1 aliphatic rings. The van der Waals surface area contributed by atoms with Crippen LogP contribution in [0.25, 0.3) is 0 Å². The van der Waals surface area contributed by atoms with Crippen LogP contribution in [-0.4, -0.2) is 24.3 Å². The molecule has 1 atom stereocenters. The van der Waals surface area contributed by atoms with E-state index < -0.39 is 23.6 Å². The Hall–Kier alpha value is -2.05. The number of benzene rings is 1.